The van der Waals surface area contributed by atoms with Crippen LogP contribution in [0.5, 0.6) is 0 Å². The Hall–Kier alpha value is -1.23. The molecule has 0 radical (unpaired) electrons. The van der Waals surface area contributed by atoms with E-state index in [0.717, 1.165) is 19.3 Å². The summed E-state index contributed by atoms with van der Waals surface area (Å²) in [6.07, 6.45) is 5.74. The second kappa shape index (κ2) is 4.33. The normalized spacial score (nSPS) is 30.2. The zero-order valence-electron chi connectivity index (χ0n) is 9.81. The van der Waals surface area contributed by atoms with E-state index < -0.39 is 0 Å². The number of rotatable bonds is 2. The Morgan fingerprint density at radius 1 is 1.50 bits per heavy atom. The maximum Gasteiger partial charge on any atom is 0.223 e. The van der Waals surface area contributed by atoms with Gasteiger partial charge in [-0.15, -0.1) is 0 Å². The predicted octanol–water partition coefficient (Wildman–Crippen LogP) is 1.51. The van der Waals surface area contributed by atoms with Gasteiger partial charge < -0.3 is 10.5 Å². The van der Waals surface area contributed by atoms with E-state index in [1.54, 1.807) is 7.11 Å². The Labute approximate surface area is 95.5 Å². The van der Waals surface area contributed by atoms with Crippen molar-refractivity contribution in [3.63, 3.8) is 0 Å². The molecule has 0 aromatic carbocycles. The molecule has 0 aliphatic heterocycles. The molecule has 2 unspecified atom stereocenters. The molecule has 2 atom stereocenters. The van der Waals surface area contributed by atoms with Gasteiger partial charge in [0.1, 0.15) is 11.9 Å². The summed E-state index contributed by atoms with van der Waals surface area (Å²) in [5.74, 6) is 1.57. The summed E-state index contributed by atoms with van der Waals surface area (Å²) < 4.78 is 5.68. The molecule has 0 saturated heterocycles. The van der Waals surface area contributed by atoms with Crippen molar-refractivity contribution in [2.75, 3.05) is 12.8 Å². The number of nitrogen functional groups attached to an aromatic ring is 1. The summed E-state index contributed by atoms with van der Waals surface area (Å²) >= 11 is 0. The molecule has 2 rings (SSSR count). The number of hydrogen-bond acceptors (Lipinski definition) is 5. The van der Waals surface area contributed by atoms with Gasteiger partial charge in [0.2, 0.25) is 5.95 Å². The van der Waals surface area contributed by atoms with Crippen LogP contribution in [0.2, 0.25) is 0 Å². The molecule has 0 spiro atoms. The average Bonchev–Trinajstić information content (AvgIpc) is 2.29. The zero-order chi connectivity index (χ0) is 11.6. The van der Waals surface area contributed by atoms with E-state index in [-0.39, 0.29) is 11.5 Å². The Kier molecular flexibility index (Phi) is 3.05. The molecule has 5 heteroatoms. The summed E-state index contributed by atoms with van der Waals surface area (Å²) in [4.78, 5) is 12.2. The molecule has 1 fully saturated rings. The van der Waals surface area contributed by atoms with Crippen molar-refractivity contribution in [1.29, 1.82) is 0 Å². The number of nitrogens with zero attached hydrogens (tertiary/aromatic N) is 3. The van der Waals surface area contributed by atoms with E-state index in [1.807, 2.05) is 0 Å². The summed E-state index contributed by atoms with van der Waals surface area (Å²) in [5.41, 5.74) is 5.23. The highest BCUT2D eigenvalue weighted by molar-refractivity contribution is 5.16. The molecule has 1 aromatic rings. The van der Waals surface area contributed by atoms with Crippen molar-refractivity contribution < 1.29 is 4.74 Å². The largest absolute Gasteiger partial charge is 0.370 e. The van der Waals surface area contributed by atoms with Crippen LogP contribution in [-0.2, 0) is 10.3 Å². The van der Waals surface area contributed by atoms with E-state index in [4.69, 9.17) is 10.5 Å². The fourth-order valence-electron chi connectivity index (χ4n) is 2.51. The van der Waals surface area contributed by atoms with Gasteiger partial charge in [-0.05, 0) is 25.2 Å². The molecular formula is C11H18N4O. The van der Waals surface area contributed by atoms with Gasteiger partial charge >= 0.3 is 0 Å². The summed E-state index contributed by atoms with van der Waals surface area (Å²) in [6, 6.07) is 0. The summed E-state index contributed by atoms with van der Waals surface area (Å²) in [5, 5.41) is 0. The second-order valence-electron chi connectivity index (χ2n) is 4.57. The lowest BCUT2D eigenvalue weighted by molar-refractivity contribution is -0.0646. The number of nitrogens with two attached hydrogens (primary N) is 1. The quantitative estimate of drug-likeness (QED) is 0.821. The van der Waals surface area contributed by atoms with Crippen molar-refractivity contribution in [2.24, 2.45) is 5.92 Å². The van der Waals surface area contributed by atoms with Crippen LogP contribution in [0.15, 0.2) is 6.33 Å². The highest BCUT2D eigenvalue weighted by Crippen LogP contribution is 2.40. The van der Waals surface area contributed by atoms with Crippen molar-refractivity contribution in [3.8, 4) is 0 Å². The number of methoxy groups -OCH3 is 1. The lowest BCUT2D eigenvalue weighted by Crippen LogP contribution is -2.36. The third-order valence-corrected chi connectivity index (χ3v) is 3.34. The van der Waals surface area contributed by atoms with E-state index >= 15 is 0 Å². The third kappa shape index (κ3) is 2.00. The van der Waals surface area contributed by atoms with Crippen molar-refractivity contribution in [2.45, 2.75) is 38.2 Å². The van der Waals surface area contributed by atoms with E-state index in [2.05, 4.69) is 21.9 Å². The Balaban J connectivity index is 2.33. The Morgan fingerprint density at radius 2 is 2.31 bits per heavy atom. The maximum atomic E-state index is 5.68. The predicted molar refractivity (Wildman–Crippen MR) is 60.6 cm³/mol. The summed E-state index contributed by atoms with van der Waals surface area (Å²) in [6.45, 7) is 2.23. The first-order valence-electron chi connectivity index (χ1n) is 5.66. The van der Waals surface area contributed by atoms with Crippen LogP contribution in [0.25, 0.3) is 0 Å². The smallest absolute Gasteiger partial charge is 0.223 e. The van der Waals surface area contributed by atoms with Crippen molar-refractivity contribution >= 4 is 5.95 Å². The van der Waals surface area contributed by atoms with E-state index in [9.17, 15) is 0 Å². The average molecular weight is 222 g/mol. The number of aromatic nitrogens is 3. The molecule has 0 amide bonds. The maximum absolute atomic E-state index is 5.68. The second-order valence-corrected chi connectivity index (χ2v) is 4.57. The van der Waals surface area contributed by atoms with Gasteiger partial charge in [-0.2, -0.15) is 4.98 Å². The molecule has 1 heterocycles. The highest BCUT2D eigenvalue weighted by atomic mass is 16.5. The number of ether oxygens (including phenoxy) is 1. The van der Waals surface area contributed by atoms with Crippen LogP contribution in [0.1, 0.15) is 38.4 Å². The first-order chi connectivity index (χ1) is 7.66. The fraction of sp³-hybridized carbons (Fsp3) is 0.727. The van der Waals surface area contributed by atoms with Crippen LogP contribution < -0.4 is 5.73 Å². The monoisotopic (exact) mass is 222 g/mol. The Morgan fingerprint density at radius 3 is 2.94 bits per heavy atom. The summed E-state index contributed by atoms with van der Waals surface area (Å²) in [7, 11) is 1.72. The minimum absolute atomic E-state index is 0.264. The third-order valence-electron chi connectivity index (χ3n) is 3.34. The van der Waals surface area contributed by atoms with Gasteiger partial charge in [-0.1, -0.05) is 13.3 Å². The van der Waals surface area contributed by atoms with Crippen molar-refractivity contribution in [3.05, 3.63) is 12.2 Å². The van der Waals surface area contributed by atoms with Gasteiger partial charge in [0.15, 0.2) is 5.82 Å². The molecule has 1 aliphatic rings. The van der Waals surface area contributed by atoms with Crippen LogP contribution in [0.4, 0.5) is 5.95 Å². The number of anilines is 1. The zero-order valence-corrected chi connectivity index (χ0v) is 9.81. The van der Waals surface area contributed by atoms with E-state index in [0.29, 0.717) is 11.7 Å². The molecule has 5 nitrogen and oxygen atoms in total. The Bertz CT molecular complexity index is 371. The molecule has 0 bridgehead atoms. The minimum atomic E-state index is -0.366. The molecule has 16 heavy (non-hydrogen) atoms. The molecule has 88 valence electrons. The standard InChI is InChI=1S/C11H18N4O/c1-8-4-3-5-11(6-8,16-2)9-13-7-14-10(12)15-9/h7-8H,3-6H2,1-2H3,(H2,12,13,14,15). The molecule has 1 aromatic heterocycles. The van der Waals surface area contributed by atoms with Gasteiger partial charge in [0.25, 0.3) is 0 Å². The van der Waals surface area contributed by atoms with Crippen LogP contribution in [0.3, 0.4) is 0 Å². The first kappa shape index (κ1) is 11.3. The lowest BCUT2D eigenvalue weighted by Gasteiger charge is -2.37. The van der Waals surface area contributed by atoms with Crippen LogP contribution in [0, 0.1) is 5.92 Å². The number of hydrogen-bond donors (Lipinski definition) is 1. The first-order valence-corrected chi connectivity index (χ1v) is 5.66. The molecule has 1 saturated carbocycles. The van der Waals surface area contributed by atoms with Crippen molar-refractivity contribution in [1.82, 2.24) is 15.0 Å². The van der Waals surface area contributed by atoms with Crippen LogP contribution >= 0.6 is 0 Å². The molecule has 1 aliphatic carbocycles. The lowest BCUT2D eigenvalue weighted by atomic mass is 9.78. The van der Waals surface area contributed by atoms with Gasteiger partial charge in [-0.3, -0.25) is 0 Å². The van der Waals surface area contributed by atoms with Crippen LogP contribution in [-0.4, -0.2) is 22.1 Å². The topological polar surface area (TPSA) is 73.9 Å². The highest BCUT2D eigenvalue weighted by Gasteiger charge is 2.39. The molecule has 2 N–H and O–H groups in total. The van der Waals surface area contributed by atoms with E-state index in [1.165, 1.54) is 12.7 Å². The SMILES string of the molecule is COC1(c2ncnc(N)n2)CCCC(C)C1. The van der Waals surface area contributed by atoms with Gasteiger partial charge in [0.05, 0.1) is 0 Å². The van der Waals surface area contributed by atoms with Gasteiger partial charge in [-0.25, -0.2) is 9.97 Å². The van der Waals surface area contributed by atoms with Gasteiger partial charge in [0, 0.05) is 7.11 Å². The minimum Gasteiger partial charge on any atom is -0.370 e. The molecular weight excluding hydrogens is 204 g/mol. The fourth-order valence-corrected chi connectivity index (χ4v) is 2.51.